The quantitative estimate of drug-likeness (QED) is 0.734. The van der Waals surface area contributed by atoms with Crippen LogP contribution in [0.25, 0.3) is 0 Å². The third kappa shape index (κ3) is 5.48. The van der Waals surface area contributed by atoms with Crippen molar-refractivity contribution in [3.8, 4) is 6.07 Å². The molecule has 1 saturated heterocycles. The fourth-order valence-electron chi connectivity index (χ4n) is 2.72. The summed E-state index contributed by atoms with van der Waals surface area (Å²) in [7, 11) is 1.66. The van der Waals surface area contributed by atoms with E-state index >= 15 is 0 Å². The molecule has 0 saturated carbocycles. The van der Waals surface area contributed by atoms with Crippen molar-refractivity contribution in [2.75, 3.05) is 57.9 Å². The maximum absolute atomic E-state index is 11.9. The molecule has 0 spiro atoms. The number of hydrogen-bond donors (Lipinski definition) is 1. The van der Waals surface area contributed by atoms with Gasteiger partial charge in [-0.05, 0) is 25.5 Å². The molecule has 1 aromatic heterocycles. The Kier molecular flexibility index (Phi) is 6.97. The Morgan fingerprint density at radius 2 is 2.12 bits per heavy atom. The molecule has 7 nitrogen and oxygen atoms in total. The molecule has 1 aliphatic rings. The van der Waals surface area contributed by atoms with Crippen LogP contribution in [0.2, 0.25) is 0 Å². The van der Waals surface area contributed by atoms with Crippen LogP contribution in [0.15, 0.2) is 12.1 Å². The van der Waals surface area contributed by atoms with Crippen LogP contribution in [-0.2, 0) is 9.53 Å². The number of amides is 1. The van der Waals surface area contributed by atoms with Gasteiger partial charge in [0.1, 0.15) is 5.82 Å². The lowest BCUT2D eigenvalue weighted by Crippen LogP contribution is -2.49. The summed E-state index contributed by atoms with van der Waals surface area (Å²) in [5, 5.41) is 12.0. The first-order chi connectivity index (χ1) is 11.6. The number of anilines is 1. The number of carbonyl (C=O) groups excluding carboxylic acids is 1. The number of methoxy groups -OCH3 is 1. The minimum Gasteiger partial charge on any atom is -0.385 e. The highest BCUT2D eigenvalue weighted by Crippen LogP contribution is 2.16. The predicted molar refractivity (Wildman–Crippen MR) is 91.8 cm³/mol. The van der Waals surface area contributed by atoms with E-state index in [1.807, 2.05) is 13.0 Å². The zero-order chi connectivity index (χ0) is 17.4. The molecule has 1 aromatic rings. The van der Waals surface area contributed by atoms with Gasteiger partial charge in [0.15, 0.2) is 0 Å². The summed E-state index contributed by atoms with van der Waals surface area (Å²) in [6, 6.07) is 5.78. The number of aryl methyl sites for hydroxylation is 1. The van der Waals surface area contributed by atoms with Crippen LogP contribution < -0.4 is 10.2 Å². The van der Waals surface area contributed by atoms with Crippen molar-refractivity contribution < 1.29 is 9.53 Å². The van der Waals surface area contributed by atoms with Crippen molar-refractivity contribution in [3.05, 3.63) is 23.4 Å². The van der Waals surface area contributed by atoms with Crippen molar-refractivity contribution in [2.24, 2.45) is 0 Å². The molecule has 24 heavy (non-hydrogen) atoms. The lowest BCUT2D eigenvalue weighted by atomic mass is 10.2. The standard InChI is InChI=1S/C17H25N5O2/c1-14-10-15(12-18)11-16(20-14)22-7-5-21(6-8-22)13-17(23)19-4-3-9-24-2/h10-11H,3-9,13H2,1-2H3,(H,19,23). The van der Waals surface area contributed by atoms with Crippen LogP contribution in [-0.4, -0.2) is 68.8 Å². The minimum atomic E-state index is 0.0556. The number of pyridine rings is 1. The molecule has 1 aliphatic heterocycles. The molecule has 0 radical (unpaired) electrons. The van der Waals surface area contributed by atoms with E-state index in [0.29, 0.717) is 25.3 Å². The van der Waals surface area contributed by atoms with E-state index < -0.39 is 0 Å². The molecule has 130 valence electrons. The van der Waals surface area contributed by atoms with E-state index in [1.54, 1.807) is 13.2 Å². The highest BCUT2D eigenvalue weighted by atomic mass is 16.5. The summed E-state index contributed by atoms with van der Waals surface area (Å²) in [5.74, 6) is 0.898. The second-order valence-electron chi connectivity index (χ2n) is 5.93. The Morgan fingerprint density at radius 1 is 1.38 bits per heavy atom. The van der Waals surface area contributed by atoms with Crippen molar-refractivity contribution in [1.82, 2.24) is 15.2 Å². The van der Waals surface area contributed by atoms with E-state index in [0.717, 1.165) is 44.1 Å². The molecule has 7 heteroatoms. The van der Waals surface area contributed by atoms with Crippen molar-refractivity contribution in [3.63, 3.8) is 0 Å². The maximum atomic E-state index is 11.9. The van der Waals surface area contributed by atoms with Gasteiger partial charge in [0.2, 0.25) is 5.91 Å². The Balaban J connectivity index is 1.78. The molecule has 0 aromatic carbocycles. The maximum Gasteiger partial charge on any atom is 0.234 e. The fraction of sp³-hybridized carbons (Fsp3) is 0.588. The largest absolute Gasteiger partial charge is 0.385 e. The van der Waals surface area contributed by atoms with E-state index in [-0.39, 0.29) is 5.91 Å². The minimum absolute atomic E-state index is 0.0556. The van der Waals surface area contributed by atoms with Crippen LogP contribution in [0, 0.1) is 18.3 Å². The van der Waals surface area contributed by atoms with E-state index in [2.05, 4.69) is 26.2 Å². The number of nitrogens with one attached hydrogen (secondary N) is 1. The summed E-state index contributed by atoms with van der Waals surface area (Å²) < 4.78 is 4.96. The molecule has 0 unspecified atom stereocenters. The van der Waals surface area contributed by atoms with E-state index in [1.165, 1.54) is 0 Å². The fourth-order valence-corrected chi connectivity index (χ4v) is 2.72. The average Bonchev–Trinajstić information content (AvgIpc) is 2.59. The van der Waals surface area contributed by atoms with Crippen molar-refractivity contribution in [2.45, 2.75) is 13.3 Å². The van der Waals surface area contributed by atoms with E-state index in [4.69, 9.17) is 10.00 Å². The van der Waals surface area contributed by atoms with Gasteiger partial charge in [-0.1, -0.05) is 0 Å². The van der Waals surface area contributed by atoms with Crippen molar-refractivity contribution in [1.29, 1.82) is 5.26 Å². The Hall–Kier alpha value is -2.17. The number of ether oxygens (including phenoxy) is 1. The van der Waals surface area contributed by atoms with E-state index in [9.17, 15) is 4.79 Å². The number of rotatable bonds is 7. The van der Waals surface area contributed by atoms with Gasteiger partial charge in [-0.15, -0.1) is 0 Å². The third-order valence-corrected chi connectivity index (χ3v) is 3.98. The number of aromatic nitrogens is 1. The van der Waals surface area contributed by atoms with Crippen LogP contribution in [0.5, 0.6) is 0 Å². The molecule has 2 heterocycles. The molecular formula is C17H25N5O2. The number of nitrogens with zero attached hydrogens (tertiary/aromatic N) is 4. The number of nitriles is 1. The van der Waals surface area contributed by atoms with Gasteiger partial charge in [-0.25, -0.2) is 4.98 Å². The molecule has 1 N–H and O–H groups in total. The Labute approximate surface area is 143 Å². The van der Waals surface area contributed by atoms with Crippen LogP contribution >= 0.6 is 0 Å². The smallest absolute Gasteiger partial charge is 0.234 e. The molecule has 2 rings (SSSR count). The Bertz CT molecular complexity index is 591. The van der Waals surface area contributed by atoms with Gasteiger partial charge in [0.05, 0.1) is 18.2 Å². The van der Waals surface area contributed by atoms with Gasteiger partial charge >= 0.3 is 0 Å². The SMILES string of the molecule is COCCCNC(=O)CN1CCN(c2cc(C#N)cc(C)n2)CC1. The summed E-state index contributed by atoms with van der Waals surface area (Å²) in [6.45, 7) is 6.85. The topological polar surface area (TPSA) is 81.5 Å². The first kappa shape index (κ1) is 18.2. The molecule has 1 amide bonds. The van der Waals surface area contributed by atoms with Gasteiger partial charge in [0, 0.05) is 52.1 Å². The van der Waals surface area contributed by atoms with Crippen LogP contribution in [0.4, 0.5) is 5.82 Å². The molecule has 1 fully saturated rings. The summed E-state index contributed by atoms with van der Waals surface area (Å²) in [4.78, 5) is 20.7. The zero-order valence-corrected chi connectivity index (χ0v) is 14.4. The second-order valence-corrected chi connectivity index (χ2v) is 5.93. The molecule has 0 bridgehead atoms. The Morgan fingerprint density at radius 3 is 2.79 bits per heavy atom. The second kappa shape index (κ2) is 9.21. The average molecular weight is 331 g/mol. The lowest BCUT2D eigenvalue weighted by molar-refractivity contribution is -0.122. The molecular weight excluding hydrogens is 306 g/mol. The van der Waals surface area contributed by atoms with Gasteiger partial charge in [0.25, 0.3) is 0 Å². The monoisotopic (exact) mass is 331 g/mol. The number of piperazine rings is 1. The highest BCUT2D eigenvalue weighted by Gasteiger charge is 2.20. The van der Waals surface area contributed by atoms with Gasteiger partial charge < -0.3 is 15.0 Å². The summed E-state index contributed by atoms with van der Waals surface area (Å²) in [5.41, 5.74) is 1.48. The predicted octanol–water partition coefficient (Wildman–Crippen LogP) is 0.536. The number of hydrogen-bond acceptors (Lipinski definition) is 6. The number of carbonyl (C=O) groups is 1. The normalized spacial score (nSPS) is 15.1. The zero-order valence-electron chi connectivity index (χ0n) is 14.4. The summed E-state index contributed by atoms with van der Waals surface area (Å²) in [6.07, 6.45) is 0.830. The first-order valence-electron chi connectivity index (χ1n) is 8.24. The lowest BCUT2D eigenvalue weighted by Gasteiger charge is -2.35. The molecule has 0 aliphatic carbocycles. The van der Waals surface area contributed by atoms with Gasteiger partial charge in [-0.3, -0.25) is 9.69 Å². The van der Waals surface area contributed by atoms with Crippen LogP contribution in [0.3, 0.4) is 0 Å². The summed E-state index contributed by atoms with van der Waals surface area (Å²) >= 11 is 0. The van der Waals surface area contributed by atoms with Crippen LogP contribution in [0.1, 0.15) is 17.7 Å². The third-order valence-electron chi connectivity index (χ3n) is 3.98. The van der Waals surface area contributed by atoms with Crippen molar-refractivity contribution >= 4 is 11.7 Å². The highest BCUT2D eigenvalue weighted by molar-refractivity contribution is 5.78. The van der Waals surface area contributed by atoms with Gasteiger partial charge in [-0.2, -0.15) is 5.26 Å². The molecule has 0 atom stereocenters. The first-order valence-corrected chi connectivity index (χ1v) is 8.24.